The third-order valence-corrected chi connectivity index (χ3v) is 5.62. The van der Waals surface area contributed by atoms with Crippen molar-refractivity contribution < 1.29 is 27.8 Å². The molecule has 0 saturated carbocycles. The Morgan fingerprint density at radius 1 is 1.00 bits per heavy atom. The molecule has 0 unspecified atom stereocenters. The van der Waals surface area contributed by atoms with E-state index in [1.807, 2.05) is 37.3 Å². The maximum absolute atomic E-state index is 12.9. The first kappa shape index (κ1) is 25.9. The fraction of sp³-hybridized carbons (Fsp3) is 0.308. The number of aromatic nitrogens is 5. The first-order valence-electron chi connectivity index (χ1n) is 11.8. The zero-order chi connectivity index (χ0) is 26.4. The van der Waals surface area contributed by atoms with E-state index in [1.165, 1.54) is 10.7 Å². The van der Waals surface area contributed by atoms with Crippen LogP contribution in [0.4, 0.5) is 13.2 Å². The number of para-hydroxylation sites is 1. The van der Waals surface area contributed by atoms with Crippen molar-refractivity contribution >= 4 is 5.97 Å². The number of carboxylic acids is 1. The van der Waals surface area contributed by atoms with Crippen LogP contribution in [0.15, 0.2) is 61.1 Å². The number of benzene rings is 1. The van der Waals surface area contributed by atoms with Crippen LogP contribution in [0.2, 0.25) is 0 Å². The van der Waals surface area contributed by atoms with Gasteiger partial charge in [-0.3, -0.25) is 4.79 Å². The molecule has 1 N–H and O–H groups in total. The van der Waals surface area contributed by atoms with E-state index in [9.17, 15) is 23.1 Å². The number of carbonyl (C=O) groups is 1. The first-order chi connectivity index (χ1) is 17.7. The Balaban J connectivity index is 1.43. The summed E-state index contributed by atoms with van der Waals surface area (Å²) >= 11 is 0. The molecule has 194 valence electrons. The van der Waals surface area contributed by atoms with Crippen LogP contribution in [-0.2, 0) is 30.2 Å². The van der Waals surface area contributed by atoms with Crippen LogP contribution in [0.25, 0.3) is 11.5 Å². The van der Waals surface area contributed by atoms with Crippen molar-refractivity contribution in [2.75, 3.05) is 6.61 Å². The topological polar surface area (TPSA) is 95.1 Å². The molecule has 0 aliphatic rings. The van der Waals surface area contributed by atoms with Crippen molar-refractivity contribution in [3.8, 4) is 17.4 Å². The van der Waals surface area contributed by atoms with Crippen molar-refractivity contribution in [2.45, 2.75) is 45.2 Å². The standard InChI is InChI=1S/C26H26F3N5O3/c1-2-7-22-18(16-34(31-22)23-12-11-20(15-30-23)26(27,28)29)8-6-13-37-25-19(14-24(35)36)17-33(32-25)21-9-4-3-5-10-21/h3-5,9-12,15-17H,2,6-8,13-14H2,1H3,(H,35,36). The average molecular weight is 514 g/mol. The Morgan fingerprint density at radius 2 is 1.76 bits per heavy atom. The van der Waals surface area contributed by atoms with Gasteiger partial charge in [-0.05, 0) is 49.1 Å². The molecular weight excluding hydrogens is 487 g/mol. The fourth-order valence-corrected chi connectivity index (χ4v) is 3.85. The van der Waals surface area contributed by atoms with Gasteiger partial charge >= 0.3 is 12.1 Å². The number of pyridine rings is 1. The Labute approximate surface area is 211 Å². The smallest absolute Gasteiger partial charge is 0.417 e. The highest BCUT2D eigenvalue weighted by Crippen LogP contribution is 2.29. The molecule has 11 heteroatoms. The van der Waals surface area contributed by atoms with Gasteiger partial charge in [-0.1, -0.05) is 31.5 Å². The van der Waals surface area contributed by atoms with E-state index in [4.69, 9.17) is 4.74 Å². The van der Waals surface area contributed by atoms with Gasteiger partial charge < -0.3 is 9.84 Å². The molecule has 3 heterocycles. The Morgan fingerprint density at radius 3 is 2.41 bits per heavy atom. The number of halogens is 3. The summed E-state index contributed by atoms with van der Waals surface area (Å²) in [5.41, 5.74) is 2.25. The molecule has 0 atom stereocenters. The maximum Gasteiger partial charge on any atom is 0.417 e. The number of ether oxygens (including phenoxy) is 1. The zero-order valence-corrected chi connectivity index (χ0v) is 20.1. The summed E-state index contributed by atoms with van der Waals surface area (Å²) < 4.78 is 47.5. The second-order valence-corrected chi connectivity index (χ2v) is 8.46. The van der Waals surface area contributed by atoms with E-state index in [0.29, 0.717) is 37.3 Å². The molecule has 37 heavy (non-hydrogen) atoms. The van der Waals surface area contributed by atoms with Crippen LogP contribution < -0.4 is 4.74 Å². The molecule has 0 saturated heterocycles. The summed E-state index contributed by atoms with van der Waals surface area (Å²) in [5.74, 6) is -0.409. The highest BCUT2D eigenvalue weighted by Gasteiger charge is 2.30. The molecule has 4 rings (SSSR count). The largest absolute Gasteiger partial charge is 0.481 e. The molecular formula is C26H26F3N5O3. The van der Waals surface area contributed by atoms with Crippen LogP contribution in [0.5, 0.6) is 5.88 Å². The van der Waals surface area contributed by atoms with Gasteiger partial charge in [-0.15, -0.1) is 5.10 Å². The van der Waals surface area contributed by atoms with Gasteiger partial charge in [-0.25, -0.2) is 14.3 Å². The second-order valence-electron chi connectivity index (χ2n) is 8.46. The molecule has 0 fully saturated rings. The van der Waals surface area contributed by atoms with Crippen LogP contribution >= 0.6 is 0 Å². The summed E-state index contributed by atoms with van der Waals surface area (Å²) in [7, 11) is 0. The second kappa shape index (κ2) is 11.3. The number of aryl methyl sites for hydroxylation is 2. The average Bonchev–Trinajstić information content (AvgIpc) is 3.46. The van der Waals surface area contributed by atoms with Crippen molar-refractivity contribution in [1.29, 1.82) is 0 Å². The lowest BCUT2D eigenvalue weighted by atomic mass is 10.1. The van der Waals surface area contributed by atoms with Gasteiger partial charge in [0.15, 0.2) is 5.82 Å². The minimum absolute atomic E-state index is 0.213. The van der Waals surface area contributed by atoms with Gasteiger partial charge in [0, 0.05) is 24.2 Å². The highest BCUT2D eigenvalue weighted by molar-refractivity contribution is 5.71. The van der Waals surface area contributed by atoms with Gasteiger partial charge in [0.25, 0.3) is 0 Å². The summed E-state index contributed by atoms with van der Waals surface area (Å²) in [6.45, 7) is 2.32. The van der Waals surface area contributed by atoms with Crippen molar-refractivity contribution in [2.24, 2.45) is 0 Å². The van der Waals surface area contributed by atoms with Crippen LogP contribution in [0.1, 0.15) is 42.1 Å². The van der Waals surface area contributed by atoms with Gasteiger partial charge in [-0.2, -0.15) is 18.3 Å². The van der Waals surface area contributed by atoms with Gasteiger partial charge in [0.2, 0.25) is 5.88 Å². The van der Waals surface area contributed by atoms with E-state index in [2.05, 4.69) is 15.2 Å². The third kappa shape index (κ3) is 6.54. The molecule has 0 aliphatic heterocycles. The predicted octanol–water partition coefficient (Wildman–Crippen LogP) is 5.06. The lowest BCUT2D eigenvalue weighted by molar-refractivity contribution is -0.138. The van der Waals surface area contributed by atoms with Crippen LogP contribution in [-0.4, -0.2) is 42.2 Å². The molecule has 0 bridgehead atoms. The molecule has 0 spiro atoms. The number of rotatable bonds is 11. The molecule has 0 amide bonds. The minimum atomic E-state index is -4.45. The van der Waals surface area contributed by atoms with Gasteiger partial charge in [0.05, 0.1) is 30.0 Å². The number of nitrogens with zero attached hydrogens (tertiary/aromatic N) is 5. The summed E-state index contributed by atoms with van der Waals surface area (Å²) in [5, 5.41) is 18.2. The van der Waals surface area contributed by atoms with Gasteiger partial charge in [0.1, 0.15) is 0 Å². The van der Waals surface area contributed by atoms with E-state index >= 15 is 0 Å². The van der Waals surface area contributed by atoms with Crippen molar-refractivity contribution in [3.63, 3.8) is 0 Å². The first-order valence-corrected chi connectivity index (χ1v) is 11.8. The molecule has 1 aromatic carbocycles. The molecule has 3 aromatic heterocycles. The Bertz CT molecular complexity index is 1330. The van der Waals surface area contributed by atoms with Crippen LogP contribution in [0, 0.1) is 0 Å². The van der Waals surface area contributed by atoms with Crippen molar-refractivity contribution in [1.82, 2.24) is 24.5 Å². The fourth-order valence-electron chi connectivity index (χ4n) is 3.85. The van der Waals surface area contributed by atoms with E-state index in [1.54, 1.807) is 17.1 Å². The Hall–Kier alpha value is -4.15. The summed E-state index contributed by atoms with van der Waals surface area (Å²) in [6, 6.07) is 11.6. The normalized spacial score (nSPS) is 11.6. The maximum atomic E-state index is 12.9. The van der Waals surface area contributed by atoms with Crippen LogP contribution in [0.3, 0.4) is 0 Å². The highest BCUT2D eigenvalue weighted by atomic mass is 19.4. The molecule has 4 aromatic rings. The van der Waals surface area contributed by atoms with E-state index < -0.39 is 17.7 Å². The predicted molar refractivity (Wildman–Crippen MR) is 129 cm³/mol. The van der Waals surface area contributed by atoms with Crippen molar-refractivity contribution in [3.05, 3.63) is 83.4 Å². The zero-order valence-electron chi connectivity index (χ0n) is 20.1. The Kier molecular flexibility index (Phi) is 7.90. The number of hydrogen-bond acceptors (Lipinski definition) is 5. The number of aliphatic carboxylic acids is 1. The minimum Gasteiger partial charge on any atom is -0.481 e. The summed E-state index contributed by atoms with van der Waals surface area (Å²) in [4.78, 5) is 15.2. The quantitative estimate of drug-likeness (QED) is 0.282. The molecule has 0 aliphatic carbocycles. The third-order valence-electron chi connectivity index (χ3n) is 5.62. The SMILES string of the molecule is CCCc1nn(-c2ccc(C(F)(F)F)cn2)cc1CCCOc1nn(-c2ccccc2)cc1CC(=O)O. The van der Waals surface area contributed by atoms with E-state index in [0.717, 1.165) is 35.6 Å². The van der Waals surface area contributed by atoms with E-state index in [-0.39, 0.29) is 12.3 Å². The lowest BCUT2D eigenvalue weighted by Crippen LogP contribution is -2.07. The molecule has 0 radical (unpaired) electrons. The molecule has 8 nitrogen and oxygen atoms in total. The monoisotopic (exact) mass is 513 g/mol. The summed E-state index contributed by atoms with van der Waals surface area (Å²) in [6.07, 6.45) is 2.36. The number of alkyl halides is 3. The number of carboxylic acid groups (broad SMARTS) is 1. The number of hydrogen-bond donors (Lipinski definition) is 1. The lowest BCUT2D eigenvalue weighted by Gasteiger charge is -2.06.